The molecule has 0 aromatic carbocycles. The van der Waals surface area contributed by atoms with Crippen LogP contribution in [-0.4, -0.2) is 86.0 Å². The molecule has 0 aliphatic heterocycles. The van der Waals surface area contributed by atoms with E-state index in [1.807, 2.05) is 0 Å². The molecule has 0 aliphatic rings. The number of ether oxygens (including phenoxy) is 4. The normalized spacial score (nSPS) is 16.1. The van der Waals surface area contributed by atoms with Crippen LogP contribution in [0.25, 0.3) is 0 Å². The first kappa shape index (κ1) is 33.0. The van der Waals surface area contributed by atoms with E-state index < -0.39 is 68.4 Å². The summed E-state index contributed by atoms with van der Waals surface area (Å²) in [6.45, 7) is -4.30. The zero-order chi connectivity index (χ0) is 27.4. The van der Waals surface area contributed by atoms with E-state index in [2.05, 4.69) is 14.2 Å². The number of aliphatic hydroxyl groups is 1. The lowest BCUT2D eigenvalue weighted by Gasteiger charge is -2.36. The highest BCUT2D eigenvalue weighted by molar-refractivity contribution is 6.17. The van der Waals surface area contributed by atoms with E-state index in [-0.39, 0.29) is 12.5 Å². The van der Waals surface area contributed by atoms with Crippen LogP contribution in [-0.2, 0) is 18.9 Å². The maximum Gasteiger partial charge on any atom is 0.460 e. The van der Waals surface area contributed by atoms with Crippen LogP contribution in [0.1, 0.15) is 0 Å². The summed E-state index contributed by atoms with van der Waals surface area (Å²) in [7, 11) is 0. The van der Waals surface area contributed by atoms with Crippen LogP contribution in [0.4, 0.5) is 65.9 Å². The van der Waals surface area contributed by atoms with Crippen molar-refractivity contribution in [3.63, 3.8) is 0 Å². The van der Waals surface area contributed by atoms with Gasteiger partial charge >= 0.3 is 42.5 Å². The Hall–Kier alpha value is -0.960. The number of hydrogen-bond acceptors (Lipinski definition) is 5. The van der Waals surface area contributed by atoms with Crippen molar-refractivity contribution in [2.75, 3.05) is 32.3 Å². The van der Waals surface area contributed by atoms with E-state index in [0.29, 0.717) is 0 Å². The summed E-state index contributed by atoms with van der Waals surface area (Å²) in [4.78, 5) is 0. The molecule has 0 saturated heterocycles. The predicted octanol–water partition coefficient (Wildman–Crippen LogP) is 4.86. The van der Waals surface area contributed by atoms with Crippen molar-refractivity contribution in [2.24, 2.45) is 0 Å². The molecule has 34 heavy (non-hydrogen) atoms. The summed E-state index contributed by atoms with van der Waals surface area (Å²) < 4.78 is 204. The molecule has 0 aromatic heterocycles. The second-order valence-corrected chi connectivity index (χ2v) is 6.35. The Morgan fingerprint density at radius 2 is 1.06 bits per heavy atom. The molecule has 206 valence electrons. The molecule has 0 saturated carbocycles. The lowest BCUT2D eigenvalue weighted by molar-refractivity contribution is -0.543. The first-order valence-corrected chi connectivity index (χ1v) is 8.54. The van der Waals surface area contributed by atoms with Gasteiger partial charge in [0.05, 0.1) is 19.8 Å². The van der Waals surface area contributed by atoms with E-state index in [4.69, 9.17) is 11.6 Å². The minimum atomic E-state index is -7.93. The van der Waals surface area contributed by atoms with Crippen molar-refractivity contribution in [1.29, 1.82) is 0 Å². The highest BCUT2D eigenvalue weighted by Crippen LogP contribution is 2.55. The summed E-state index contributed by atoms with van der Waals surface area (Å²) in [5.41, 5.74) is 0. The Morgan fingerprint density at radius 1 is 0.618 bits per heavy atom. The number of halogens is 16. The molecule has 0 aliphatic carbocycles. The number of aliphatic hydroxyl groups excluding tert-OH is 1. The molecule has 0 bridgehead atoms. The molecule has 0 amide bonds. The van der Waals surface area contributed by atoms with Gasteiger partial charge in [-0.05, 0) is 0 Å². The summed E-state index contributed by atoms with van der Waals surface area (Å²) in [5, 5.41) is 9.20. The molecule has 0 unspecified atom stereocenters. The van der Waals surface area contributed by atoms with Crippen LogP contribution in [0.15, 0.2) is 0 Å². The summed E-state index contributed by atoms with van der Waals surface area (Å²) in [6, 6.07) is 0. The second kappa shape index (κ2) is 11.0. The van der Waals surface area contributed by atoms with Gasteiger partial charge in [0.25, 0.3) is 0 Å². The van der Waals surface area contributed by atoms with Gasteiger partial charge < -0.3 is 14.6 Å². The molecule has 0 heterocycles. The first-order valence-electron chi connectivity index (χ1n) is 8.00. The second-order valence-electron chi connectivity index (χ2n) is 5.97. The number of hydrogen-bond donors (Lipinski definition) is 1. The number of rotatable bonds is 15. The van der Waals surface area contributed by atoms with E-state index in [1.165, 1.54) is 4.74 Å². The third-order valence-electron chi connectivity index (χ3n) is 3.10. The molecule has 0 radical (unpaired) electrons. The minimum absolute atomic E-state index is 0.0658. The van der Waals surface area contributed by atoms with E-state index in [0.717, 1.165) is 0 Å². The fourth-order valence-corrected chi connectivity index (χ4v) is 1.67. The average Bonchev–Trinajstić information content (AvgIpc) is 2.58. The topological polar surface area (TPSA) is 57.2 Å². The summed E-state index contributed by atoms with van der Waals surface area (Å²) in [6.07, 6.45) is -36.9. The smallest absolute Gasteiger partial charge is 0.388 e. The van der Waals surface area contributed by atoms with Crippen molar-refractivity contribution >= 4 is 11.6 Å². The van der Waals surface area contributed by atoms with Crippen molar-refractivity contribution in [3.8, 4) is 0 Å². The van der Waals surface area contributed by atoms with Crippen LogP contribution in [0, 0.1) is 0 Å². The molecular weight excluding hydrogens is 557 g/mol. The largest absolute Gasteiger partial charge is 0.460 e. The molecule has 0 rings (SSSR count). The maximum atomic E-state index is 13.3. The van der Waals surface area contributed by atoms with Crippen molar-refractivity contribution in [3.05, 3.63) is 0 Å². The standard InChI is InChI=1S/C13H12ClF15O5/c14-1-2-31-3-6(30)4-32-5-7(15,16)33-12(26,27)13(28,29)34-11(24,25)9(19,20)8(17,18)10(21,22)23/h6,30H,1-5H2/t6-/m0/s1. The summed E-state index contributed by atoms with van der Waals surface area (Å²) >= 11 is 5.18. The quantitative estimate of drug-likeness (QED) is 0.174. The van der Waals surface area contributed by atoms with Crippen LogP contribution in [0.5, 0.6) is 0 Å². The first-order chi connectivity index (χ1) is 14.9. The van der Waals surface area contributed by atoms with Crippen LogP contribution in [0.2, 0.25) is 0 Å². The predicted molar refractivity (Wildman–Crippen MR) is 76.3 cm³/mol. The lowest BCUT2D eigenvalue weighted by atomic mass is 10.1. The van der Waals surface area contributed by atoms with Gasteiger partial charge in [0, 0.05) is 5.88 Å². The van der Waals surface area contributed by atoms with Gasteiger partial charge in [-0.15, -0.1) is 11.6 Å². The highest BCUT2D eigenvalue weighted by Gasteiger charge is 2.85. The van der Waals surface area contributed by atoms with Crippen molar-refractivity contribution in [1.82, 2.24) is 0 Å². The van der Waals surface area contributed by atoms with Gasteiger partial charge in [-0.25, -0.2) is 9.47 Å². The summed E-state index contributed by atoms with van der Waals surface area (Å²) in [5.74, 6) is -15.8. The zero-order valence-corrected chi connectivity index (χ0v) is 16.5. The minimum Gasteiger partial charge on any atom is -0.388 e. The lowest BCUT2D eigenvalue weighted by Crippen LogP contribution is -2.64. The highest BCUT2D eigenvalue weighted by atomic mass is 35.5. The molecular formula is C13H12ClF15O5. The van der Waals surface area contributed by atoms with E-state index in [1.54, 1.807) is 0 Å². The zero-order valence-electron chi connectivity index (χ0n) is 15.7. The van der Waals surface area contributed by atoms with Gasteiger partial charge in [-0.3, -0.25) is 0 Å². The Labute approximate surface area is 183 Å². The monoisotopic (exact) mass is 568 g/mol. The van der Waals surface area contributed by atoms with Crippen LogP contribution in [0.3, 0.4) is 0 Å². The third kappa shape index (κ3) is 8.04. The maximum absolute atomic E-state index is 13.3. The third-order valence-corrected chi connectivity index (χ3v) is 3.25. The molecule has 1 atom stereocenters. The Balaban J connectivity index is 5.37. The van der Waals surface area contributed by atoms with Gasteiger partial charge in [0.2, 0.25) is 0 Å². The molecule has 0 fully saturated rings. The molecule has 1 N–H and O–H groups in total. The van der Waals surface area contributed by atoms with Gasteiger partial charge in [-0.1, -0.05) is 0 Å². The van der Waals surface area contributed by atoms with Crippen molar-refractivity contribution in [2.45, 2.75) is 48.6 Å². The Kier molecular flexibility index (Phi) is 10.7. The molecule has 5 nitrogen and oxygen atoms in total. The van der Waals surface area contributed by atoms with E-state index >= 15 is 0 Å². The Morgan fingerprint density at radius 3 is 1.50 bits per heavy atom. The van der Waals surface area contributed by atoms with Gasteiger partial charge in [0.1, 0.15) is 12.7 Å². The number of alkyl halides is 16. The van der Waals surface area contributed by atoms with Crippen LogP contribution < -0.4 is 0 Å². The molecule has 0 spiro atoms. The average molecular weight is 569 g/mol. The Bertz CT molecular complexity index is 643. The SMILES string of the molecule is O[C@@H](COCCCl)COCC(F)(F)OC(F)(F)C(F)(F)OC(F)(F)C(F)(F)C(F)(F)C(F)(F)F. The molecule has 21 heteroatoms. The fraction of sp³-hybridized carbons (Fsp3) is 1.00. The molecule has 0 aromatic rings. The van der Waals surface area contributed by atoms with Gasteiger partial charge in [0.15, 0.2) is 0 Å². The van der Waals surface area contributed by atoms with Crippen molar-refractivity contribution < 1.29 is 89.9 Å². The fourth-order valence-electron chi connectivity index (χ4n) is 1.56. The van der Waals surface area contributed by atoms with Crippen LogP contribution >= 0.6 is 11.6 Å². The van der Waals surface area contributed by atoms with E-state index in [9.17, 15) is 71.0 Å². The van der Waals surface area contributed by atoms with Gasteiger partial charge in [-0.2, -0.15) is 65.9 Å².